The van der Waals surface area contributed by atoms with Crippen LogP contribution in [0.1, 0.15) is 12.8 Å². The zero-order valence-electron chi connectivity index (χ0n) is 22.7. The van der Waals surface area contributed by atoms with E-state index in [1.807, 2.05) is 4.90 Å². The van der Waals surface area contributed by atoms with E-state index in [0.717, 1.165) is 12.5 Å². The van der Waals surface area contributed by atoms with Crippen molar-refractivity contribution in [2.24, 2.45) is 0 Å². The number of methoxy groups -OCH3 is 2. The van der Waals surface area contributed by atoms with Crippen LogP contribution < -0.4 is 25.0 Å². The molecule has 13 heteroatoms. The summed E-state index contributed by atoms with van der Waals surface area (Å²) in [5.41, 5.74) is 0.189. The minimum atomic E-state index is -0.891. The first-order valence-corrected chi connectivity index (χ1v) is 13.3. The zero-order valence-corrected chi connectivity index (χ0v) is 22.7. The number of fused-ring (bicyclic) bond motifs is 3. The summed E-state index contributed by atoms with van der Waals surface area (Å²) in [5, 5.41) is 6.73. The second-order valence-corrected chi connectivity index (χ2v) is 10.2. The number of carbonyl (C=O) groups is 1. The molecule has 41 heavy (non-hydrogen) atoms. The van der Waals surface area contributed by atoms with Crippen LogP contribution in [0.25, 0.3) is 22.2 Å². The number of ether oxygens (including phenoxy) is 4. The second kappa shape index (κ2) is 11.1. The van der Waals surface area contributed by atoms with E-state index in [2.05, 4.69) is 22.2 Å². The van der Waals surface area contributed by atoms with Crippen LogP contribution in [0, 0.1) is 11.6 Å². The van der Waals surface area contributed by atoms with Crippen molar-refractivity contribution in [3.05, 3.63) is 42.6 Å². The zero-order chi connectivity index (χ0) is 28.7. The number of amides is 1. The summed E-state index contributed by atoms with van der Waals surface area (Å²) in [5.74, 6) is -1.63. The average molecular weight is 569 g/mol. The topological polar surface area (TPSA) is 120 Å². The lowest BCUT2D eigenvalue weighted by Gasteiger charge is -2.47. The minimum absolute atomic E-state index is 0.0488. The van der Waals surface area contributed by atoms with Crippen LogP contribution in [0.15, 0.2) is 31.0 Å². The molecule has 4 aliphatic heterocycles. The Labute approximate surface area is 234 Å². The van der Waals surface area contributed by atoms with E-state index < -0.39 is 11.6 Å². The van der Waals surface area contributed by atoms with E-state index in [1.54, 1.807) is 12.3 Å². The molecule has 216 valence electrons. The lowest BCUT2D eigenvalue weighted by Crippen LogP contribution is -2.57. The maximum absolute atomic E-state index is 15.5. The molecule has 4 saturated heterocycles. The highest BCUT2D eigenvalue weighted by atomic mass is 19.1. The van der Waals surface area contributed by atoms with Crippen molar-refractivity contribution in [1.29, 1.82) is 0 Å². The smallest absolute Gasteiger partial charge is 0.243 e. The molecule has 6 heterocycles. The van der Waals surface area contributed by atoms with Gasteiger partial charge in [0.25, 0.3) is 0 Å². The second-order valence-electron chi connectivity index (χ2n) is 10.2. The normalized spacial score (nSPS) is 23.5. The number of pyridine rings is 1. The molecule has 2 bridgehead atoms. The quantitative estimate of drug-likeness (QED) is 0.393. The number of piperidine rings is 1. The molecular formula is C28H30F2N6O5. The number of hydrogen-bond donors (Lipinski definition) is 2. The van der Waals surface area contributed by atoms with E-state index in [4.69, 9.17) is 28.9 Å². The molecule has 0 aliphatic carbocycles. The third-order valence-corrected chi connectivity index (χ3v) is 7.62. The van der Waals surface area contributed by atoms with Gasteiger partial charge in [-0.15, -0.1) is 0 Å². The highest BCUT2D eigenvalue weighted by Crippen LogP contribution is 2.40. The Morgan fingerprint density at radius 3 is 2.49 bits per heavy atom. The standard InChI is InChI=1S/C28H30F2N6O5/c1-4-22(37)32-17-5-6-40-13-19(17)34-28-31-10-14-7-18(23-24(29)20(38-2)9-21(39-3)25(23)30)33-27(26(14)35-28)36-11-15-8-16(12-36)41-15/h4,7,9-10,15-17,19H,1,5-6,8,11-13H2,2-3H3,(H,32,37)(H,31,34,35)/t15?,16?,17-,19+/m0/s1. The van der Waals surface area contributed by atoms with Crippen LogP contribution in [0.3, 0.4) is 0 Å². The van der Waals surface area contributed by atoms with Crippen molar-refractivity contribution >= 4 is 28.6 Å². The number of carbonyl (C=O) groups excluding carboxylic acids is 1. The van der Waals surface area contributed by atoms with Crippen molar-refractivity contribution in [3.63, 3.8) is 0 Å². The summed E-state index contributed by atoms with van der Waals surface area (Å²) in [6.45, 7) is 5.50. The molecule has 2 N–H and O–H groups in total. The number of benzene rings is 1. The van der Waals surface area contributed by atoms with Gasteiger partial charge in [0.2, 0.25) is 11.9 Å². The first kappa shape index (κ1) is 27.1. The van der Waals surface area contributed by atoms with Gasteiger partial charge in [0, 0.05) is 43.8 Å². The SMILES string of the molecule is C=CC(=O)N[C@H]1CCOC[C@H]1Nc1ncc2cc(-c3c(F)c(OC)cc(OC)c3F)nc(N3CC4CC(C3)O4)c2n1. The number of rotatable bonds is 8. The van der Waals surface area contributed by atoms with E-state index >= 15 is 8.78 Å². The fourth-order valence-corrected chi connectivity index (χ4v) is 5.54. The van der Waals surface area contributed by atoms with E-state index in [9.17, 15) is 4.79 Å². The van der Waals surface area contributed by atoms with Crippen molar-refractivity contribution in [2.45, 2.75) is 37.1 Å². The van der Waals surface area contributed by atoms with Gasteiger partial charge < -0.3 is 34.5 Å². The Hall–Kier alpha value is -4.10. The minimum Gasteiger partial charge on any atom is -0.494 e. The first-order chi connectivity index (χ1) is 19.9. The summed E-state index contributed by atoms with van der Waals surface area (Å²) >= 11 is 0. The predicted molar refractivity (Wildman–Crippen MR) is 146 cm³/mol. The lowest BCUT2D eigenvalue weighted by atomic mass is 9.98. The molecule has 7 rings (SSSR count). The summed E-state index contributed by atoms with van der Waals surface area (Å²) in [6.07, 6.45) is 4.46. The monoisotopic (exact) mass is 568 g/mol. The molecule has 2 unspecified atom stereocenters. The molecule has 4 fully saturated rings. The van der Waals surface area contributed by atoms with Gasteiger partial charge in [-0.3, -0.25) is 4.79 Å². The Morgan fingerprint density at radius 1 is 1.12 bits per heavy atom. The Morgan fingerprint density at radius 2 is 1.83 bits per heavy atom. The maximum atomic E-state index is 15.5. The average Bonchev–Trinajstić information content (AvgIpc) is 2.97. The number of anilines is 2. The lowest BCUT2D eigenvalue weighted by molar-refractivity contribution is -0.133. The maximum Gasteiger partial charge on any atom is 0.243 e. The molecular weight excluding hydrogens is 538 g/mol. The van der Waals surface area contributed by atoms with Gasteiger partial charge in [0.1, 0.15) is 5.52 Å². The molecule has 4 aliphatic rings. The van der Waals surface area contributed by atoms with Gasteiger partial charge in [-0.05, 0) is 18.6 Å². The number of morpholine rings is 1. The summed E-state index contributed by atoms with van der Waals surface area (Å²) in [7, 11) is 2.60. The molecule has 1 aromatic carbocycles. The van der Waals surface area contributed by atoms with Gasteiger partial charge in [0.05, 0.1) is 56.4 Å². The van der Waals surface area contributed by atoms with Gasteiger partial charge in [-0.25, -0.2) is 23.7 Å². The fourth-order valence-electron chi connectivity index (χ4n) is 5.54. The third-order valence-electron chi connectivity index (χ3n) is 7.62. The number of hydrogen-bond acceptors (Lipinski definition) is 10. The number of nitrogens with zero attached hydrogens (tertiary/aromatic N) is 4. The third kappa shape index (κ3) is 5.10. The molecule has 0 spiro atoms. The van der Waals surface area contributed by atoms with E-state index in [0.29, 0.717) is 55.4 Å². The van der Waals surface area contributed by atoms with Gasteiger partial charge in [-0.2, -0.15) is 0 Å². The van der Waals surface area contributed by atoms with Crippen molar-refractivity contribution in [1.82, 2.24) is 20.3 Å². The van der Waals surface area contributed by atoms with Gasteiger partial charge in [0.15, 0.2) is 29.0 Å². The van der Waals surface area contributed by atoms with Crippen LogP contribution >= 0.6 is 0 Å². The molecule has 1 amide bonds. The van der Waals surface area contributed by atoms with Crippen molar-refractivity contribution < 1.29 is 32.5 Å². The highest BCUT2D eigenvalue weighted by Gasteiger charge is 2.40. The van der Waals surface area contributed by atoms with E-state index in [-0.39, 0.29) is 53.0 Å². The van der Waals surface area contributed by atoms with Crippen LogP contribution in [0.5, 0.6) is 11.5 Å². The molecule has 2 aromatic heterocycles. The molecule has 0 radical (unpaired) electrons. The summed E-state index contributed by atoms with van der Waals surface area (Å²) in [4.78, 5) is 28.0. The molecule has 3 aromatic rings. The van der Waals surface area contributed by atoms with Crippen LogP contribution in [-0.2, 0) is 14.3 Å². The van der Waals surface area contributed by atoms with Crippen LogP contribution in [-0.4, -0.2) is 85.7 Å². The Kier molecular flexibility index (Phi) is 7.30. The molecule has 0 saturated carbocycles. The van der Waals surface area contributed by atoms with Gasteiger partial charge >= 0.3 is 0 Å². The predicted octanol–water partition coefficient (Wildman–Crippen LogP) is 2.84. The number of nitrogens with one attached hydrogen (secondary N) is 2. The highest BCUT2D eigenvalue weighted by molar-refractivity contribution is 5.92. The first-order valence-electron chi connectivity index (χ1n) is 13.3. The summed E-state index contributed by atoms with van der Waals surface area (Å²) in [6, 6.07) is 2.20. The Bertz CT molecular complexity index is 1460. The Balaban J connectivity index is 1.43. The largest absolute Gasteiger partial charge is 0.494 e. The molecule has 11 nitrogen and oxygen atoms in total. The van der Waals surface area contributed by atoms with Crippen LogP contribution in [0.2, 0.25) is 0 Å². The fraction of sp³-hybridized carbons (Fsp3) is 0.429. The summed E-state index contributed by atoms with van der Waals surface area (Å²) < 4.78 is 52.6. The van der Waals surface area contributed by atoms with Crippen molar-refractivity contribution in [3.8, 4) is 22.8 Å². The number of halogens is 2. The van der Waals surface area contributed by atoms with Crippen molar-refractivity contribution in [2.75, 3.05) is 50.7 Å². The van der Waals surface area contributed by atoms with Crippen LogP contribution in [0.4, 0.5) is 20.5 Å². The van der Waals surface area contributed by atoms with E-state index in [1.165, 1.54) is 20.3 Å². The van der Waals surface area contributed by atoms with Gasteiger partial charge in [-0.1, -0.05) is 6.58 Å². The molecule has 4 atom stereocenters. The number of aromatic nitrogens is 3.